The lowest BCUT2D eigenvalue weighted by Gasteiger charge is -2.28. The van der Waals surface area contributed by atoms with E-state index >= 15 is 0 Å². The summed E-state index contributed by atoms with van der Waals surface area (Å²) in [4.78, 5) is 32.2. The van der Waals surface area contributed by atoms with Crippen LogP contribution in [0.25, 0.3) is 0 Å². The maximum Gasteiger partial charge on any atom is 0.251 e. The SMILES string of the molecule is CN1C(=O)CCC(Nc2cc(Br)ncn2)C1=O. The predicted molar refractivity (Wildman–Crippen MR) is 64.2 cm³/mol. The second kappa shape index (κ2) is 4.79. The molecule has 1 atom stereocenters. The summed E-state index contributed by atoms with van der Waals surface area (Å²) in [6, 6.07) is 1.28. The van der Waals surface area contributed by atoms with Crippen molar-refractivity contribution in [2.24, 2.45) is 0 Å². The van der Waals surface area contributed by atoms with Crippen LogP contribution in [-0.4, -0.2) is 39.8 Å². The molecule has 1 aromatic rings. The van der Waals surface area contributed by atoms with Gasteiger partial charge in [-0.15, -0.1) is 0 Å². The largest absolute Gasteiger partial charge is 0.358 e. The first-order chi connectivity index (χ1) is 8.08. The number of nitrogens with one attached hydrogen (secondary N) is 1. The molecule has 0 aliphatic carbocycles. The third-order valence-electron chi connectivity index (χ3n) is 2.61. The molecule has 1 N–H and O–H groups in total. The Morgan fingerprint density at radius 1 is 1.47 bits per heavy atom. The maximum absolute atomic E-state index is 11.8. The van der Waals surface area contributed by atoms with Gasteiger partial charge in [0, 0.05) is 19.5 Å². The van der Waals surface area contributed by atoms with E-state index in [1.807, 2.05) is 0 Å². The van der Waals surface area contributed by atoms with Crippen LogP contribution in [0.5, 0.6) is 0 Å². The molecule has 1 aliphatic rings. The van der Waals surface area contributed by atoms with Crippen LogP contribution in [0.3, 0.4) is 0 Å². The lowest BCUT2D eigenvalue weighted by Crippen LogP contribution is -2.48. The third kappa shape index (κ3) is 2.60. The Labute approximate surface area is 107 Å². The zero-order chi connectivity index (χ0) is 12.4. The van der Waals surface area contributed by atoms with Crippen molar-refractivity contribution < 1.29 is 9.59 Å². The Bertz CT molecular complexity index is 465. The van der Waals surface area contributed by atoms with Gasteiger partial charge < -0.3 is 5.32 Å². The van der Waals surface area contributed by atoms with Gasteiger partial charge in [0.05, 0.1) is 0 Å². The topological polar surface area (TPSA) is 75.2 Å². The summed E-state index contributed by atoms with van der Waals surface area (Å²) >= 11 is 3.22. The minimum Gasteiger partial charge on any atom is -0.358 e. The number of amides is 2. The van der Waals surface area contributed by atoms with Crippen molar-refractivity contribution in [1.82, 2.24) is 14.9 Å². The highest BCUT2D eigenvalue weighted by Crippen LogP contribution is 2.17. The van der Waals surface area contributed by atoms with Crippen molar-refractivity contribution in [2.45, 2.75) is 18.9 Å². The third-order valence-corrected chi connectivity index (χ3v) is 3.04. The van der Waals surface area contributed by atoms with Crippen molar-refractivity contribution in [3.63, 3.8) is 0 Å². The second-order valence-electron chi connectivity index (χ2n) is 3.75. The van der Waals surface area contributed by atoms with Gasteiger partial charge in [0.2, 0.25) is 5.91 Å². The molecule has 1 unspecified atom stereocenters. The number of imide groups is 1. The molecule has 7 heteroatoms. The fourth-order valence-corrected chi connectivity index (χ4v) is 1.95. The number of hydrogen-bond donors (Lipinski definition) is 1. The predicted octanol–water partition coefficient (Wildman–Crippen LogP) is 0.798. The van der Waals surface area contributed by atoms with Gasteiger partial charge in [-0.1, -0.05) is 0 Å². The highest BCUT2D eigenvalue weighted by molar-refractivity contribution is 9.10. The molecule has 90 valence electrons. The Hall–Kier alpha value is -1.50. The number of likely N-dealkylation sites (tertiary alicyclic amines) is 1. The van der Waals surface area contributed by atoms with Gasteiger partial charge in [-0.05, 0) is 22.4 Å². The van der Waals surface area contributed by atoms with Crippen LogP contribution >= 0.6 is 15.9 Å². The molecule has 2 heterocycles. The van der Waals surface area contributed by atoms with E-state index in [0.717, 1.165) is 4.90 Å². The van der Waals surface area contributed by atoms with Crippen LogP contribution in [0.1, 0.15) is 12.8 Å². The summed E-state index contributed by atoms with van der Waals surface area (Å²) in [5, 5.41) is 3.00. The number of piperidine rings is 1. The molecule has 1 saturated heterocycles. The summed E-state index contributed by atoms with van der Waals surface area (Å²) in [6.07, 6.45) is 2.25. The second-order valence-corrected chi connectivity index (χ2v) is 4.57. The number of halogens is 1. The number of hydrogen-bond acceptors (Lipinski definition) is 5. The summed E-state index contributed by atoms with van der Waals surface area (Å²) in [6.45, 7) is 0. The van der Waals surface area contributed by atoms with E-state index in [2.05, 4.69) is 31.2 Å². The molecule has 1 aromatic heterocycles. The Kier molecular flexibility index (Phi) is 3.37. The molecule has 1 fully saturated rings. The van der Waals surface area contributed by atoms with Crippen molar-refractivity contribution in [2.75, 3.05) is 12.4 Å². The van der Waals surface area contributed by atoms with Crippen LogP contribution in [0.15, 0.2) is 17.0 Å². The van der Waals surface area contributed by atoms with E-state index in [4.69, 9.17) is 0 Å². The minimum atomic E-state index is -0.403. The van der Waals surface area contributed by atoms with Crippen LogP contribution in [0.4, 0.5) is 5.82 Å². The molecular weight excluding hydrogens is 288 g/mol. The molecule has 6 nitrogen and oxygen atoms in total. The maximum atomic E-state index is 11.8. The van der Waals surface area contributed by atoms with E-state index in [0.29, 0.717) is 23.3 Å². The molecule has 2 amide bonds. The lowest BCUT2D eigenvalue weighted by molar-refractivity contribution is -0.146. The van der Waals surface area contributed by atoms with Crippen molar-refractivity contribution >= 4 is 33.6 Å². The van der Waals surface area contributed by atoms with Crippen LogP contribution in [-0.2, 0) is 9.59 Å². The lowest BCUT2D eigenvalue weighted by atomic mass is 10.0. The van der Waals surface area contributed by atoms with Crippen LogP contribution in [0.2, 0.25) is 0 Å². The molecule has 0 spiro atoms. The number of likely N-dealkylation sites (N-methyl/N-ethyl adjacent to an activating group) is 1. The molecule has 0 aromatic carbocycles. The zero-order valence-electron chi connectivity index (χ0n) is 9.18. The highest BCUT2D eigenvalue weighted by Gasteiger charge is 2.31. The zero-order valence-corrected chi connectivity index (χ0v) is 10.8. The molecule has 1 aliphatic heterocycles. The van der Waals surface area contributed by atoms with Gasteiger partial charge in [-0.25, -0.2) is 9.97 Å². The molecule has 0 radical (unpaired) electrons. The van der Waals surface area contributed by atoms with Gasteiger partial charge >= 0.3 is 0 Å². The first-order valence-electron chi connectivity index (χ1n) is 5.12. The number of rotatable bonds is 2. The summed E-state index contributed by atoms with van der Waals surface area (Å²) < 4.78 is 0.641. The minimum absolute atomic E-state index is 0.142. The van der Waals surface area contributed by atoms with Crippen LogP contribution < -0.4 is 5.32 Å². The Morgan fingerprint density at radius 2 is 2.24 bits per heavy atom. The van der Waals surface area contributed by atoms with Gasteiger partial charge in [-0.3, -0.25) is 14.5 Å². The smallest absolute Gasteiger partial charge is 0.251 e. The summed E-state index contributed by atoms with van der Waals surface area (Å²) in [5.41, 5.74) is 0. The Balaban J connectivity index is 2.09. The number of aromatic nitrogens is 2. The molecule has 2 rings (SSSR count). The number of anilines is 1. The monoisotopic (exact) mass is 298 g/mol. The Morgan fingerprint density at radius 3 is 2.94 bits per heavy atom. The number of carbonyl (C=O) groups excluding carboxylic acids is 2. The number of carbonyl (C=O) groups is 2. The summed E-state index contributed by atoms with van der Waals surface area (Å²) in [5.74, 6) is 0.195. The van der Waals surface area contributed by atoms with Gasteiger partial charge in [0.1, 0.15) is 22.8 Å². The first kappa shape index (κ1) is 12.0. The van der Waals surface area contributed by atoms with Gasteiger partial charge in [0.15, 0.2) is 0 Å². The first-order valence-corrected chi connectivity index (χ1v) is 5.91. The van der Waals surface area contributed by atoms with Crippen LogP contribution in [0, 0.1) is 0 Å². The van der Waals surface area contributed by atoms with Gasteiger partial charge in [0.25, 0.3) is 5.91 Å². The average molecular weight is 299 g/mol. The van der Waals surface area contributed by atoms with Crippen molar-refractivity contribution in [3.05, 3.63) is 17.0 Å². The summed E-state index contributed by atoms with van der Waals surface area (Å²) in [7, 11) is 1.49. The van der Waals surface area contributed by atoms with E-state index in [1.165, 1.54) is 13.4 Å². The van der Waals surface area contributed by atoms with E-state index in [-0.39, 0.29) is 11.8 Å². The number of nitrogens with zero attached hydrogens (tertiary/aromatic N) is 3. The van der Waals surface area contributed by atoms with Gasteiger partial charge in [-0.2, -0.15) is 0 Å². The molecule has 0 bridgehead atoms. The van der Waals surface area contributed by atoms with E-state index < -0.39 is 6.04 Å². The van der Waals surface area contributed by atoms with Crippen molar-refractivity contribution in [3.8, 4) is 0 Å². The molecule has 17 heavy (non-hydrogen) atoms. The van der Waals surface area contributed by atoms with Crippen molar-refractivity contribution in [1.29, 1.82) is 0 Å². The standard InChI is InChI=1S/C10H11BrN4O2/c1-15-9(16)3-2-6(10(15)17)14-8-4-7(11)12-5-13-8/h4-6H,2-3H2,1H3,(H,12,13,14). The van der Waals surface area contributed by atoms with E-state index in [1.54, 1.807) is 6.07 Å². The van der Waals surface area contributed by atoms with E-state index in [9.17, 15) is 9.59 Å². The highest BCUT2D eigenvalue weighted by atomic mass is 79.9. The average Bonchev–Trinajstić information content (AvgIpc) is 2.30. The quantitative estimate of drug-likeness (QED) is 0.646. The molecule has 0 saturated carbocycles. The fraction of sp³-hybridized carbons (Fsp3) is 0.400. The normalized spacial score (nSPS) is 20.6. The fourth-order valence-electron chi connectivity index (χ4n) is 1.64. The molecular formula is C10H11BrN4O2.